The first-order valence-corrected chi connectivity index (χ1v) is 7.20. The Morgan fingerprint density at radius 3 is 2.24 bits per heavy atom. The van der Waals surface area contributed by atoms with Crippen LogP contribution in [0.15, 0.2) is 36.5 Å². The van der Waals surface area contributed by atoms with Gasteiger partial charge in [-0.15, -0.1) is 4.73 Å². The third-order valence-corrected chi connectivity index (χ3v) is 3.72. The Morgan fingerprint density at radius 1 is 1.10 bits per heavy atom. The Bertz CT molecular complexity index is 619. The van der Waals surface area contributed by atoms with Crippen molar-refractivity contribution >= 4 is 0 Å². The van der Waals surface area contributed by atoms with Crippen LogP contribution in [0.25, 0.3) is 0 Å². The first kappa shape index (κ1) is 15.4. The molecule has 0 spiro atoms. The summed E-state index contributed by atoms with van der Waals surface area (Å²) in [6.45, 7) is 11.2. The SMILES string of the molecule is Cc1cc(C(C)(C)C)cc(C)c1COc1cccc[n+]1[O-]. The zero-order valence-electron chi connectivity index (χ0n) is 13.4. The van der Waals surface area contributed by atoms with Gasteiger partial charge in [0.1, 0.15) is 6.61 Å². The summed E-state index contributed by atoms with van der Waals surface area (Å²) in [5.74, 6) is 0.330. The molecule has 0 saturated heterocycles. The fourth-order valence-electron chi connectivity index (χ4n) is 2.32. The number of nitrogens with zero attached hydrogens (tertiary/aromatic N) is 1. The van der Waals surface area contributed by atoms with Crippen LogP contribution >= 0.6 is 0 Å². The summed E-state index contributed by atoms with van der Waals surface area (Å²) in [6, 6.07) is 9.59. The molecule has 0 amide bonds. The van der Waals surface area contributed by atoms with E-state index in [1.54, 1.807) is 18.2 Å². The molecule has 0 atom stereocenters. The summed E-state index contributed by atoms with van der Waals surface area (Å²) < 4.78 is 6.40. The van der Waals surface area contributed by atoms with Crippen LogP contribution < -0.4 is 9.47 Å². The van der Waals surface area contributed by atoms with E-state index < -0.39 is 0 Å². The van der Waals surface area contributed by atoms with Crippen molar-refractivity contribution < 1.29 is 9.47 Å². The third kappa shape index (κ3) is 3.54. The molecule has 3 heteroatoms. The van der Waals surface area contributed by atoms with Gasteiger partial charge in [0.05, 0.1) is 6.07 Å². The average molecular weight is 285 g/mol. The lowest BCUT2D eigenvalue weighted by Gasteiger charge is -2.22. The molecule has 1 aromatic heterocycles. The lowest BCUT2D eigenvalue weighted by Crippen LogP contribution is -2.28. The topological polar surface area (TPSA) is 36.2 Å². The Labute approximate surface area is 126 Å². The predicted molar refractivity (Wildman–Crippen MR) is 84.4 cm³/mol. The van der Waals surface area contributed by atoms with E-state index in [4.69, 9.17) is 4.74 Å². The van der Waals surface area contributed by atoms with Crippen LogP contribution in [0.4, 0.5) is 0 Å². The van der Waals surface area contributed by atoms with Gasteiger partial charge in [0.15, 0.2) is 6.20 Å². The molecule has 0 fully saturated rings. The third-order valence-electron chi connectivity index (χ3n) is 3.72. The molecule has 3 nitrogen and oxygen atoms in total. The molecule has 0 aliphatic rings. The van der Waals surface area contributed by atoms with Crippen molar-refractivity contribution in [1.82, 2.24) is 0 Å². The van der Waals surface area contributed by atoms with Gasteiger partial charge in [-0.1, -0.05) is 32.9 Å². The fourth-order valence-corrected chi connectivity index (χ4v) is 2.32. The highest BCUT2D eigenvalue weighted by molar-refractivity contribution is 5.40. The van der Waals surface area contributed by atoms with Gasteiger partial charge in [-0.2, -0.15) is 0 Å². The minimum Gasteiger partial charge on any atom is -0.616 e. The molecule has 0 radical (unpaired) electrons. The quantitative estimate of drug-likeness (QED) is 0.635. The summed E-state index contributed by atoms with van der Waals surface area (Å²) in [7, 11) is 0. The fraction of sp³-hybridized carbons (Fsp3) is 0.389. The van der Waals surface area contributed by atoms with Crippen LogP contribution in [-0.2, 0) is 12.0 Å². The van der Waals surface area contributed by atoms with Crippen molar-refractivity contribution in [2.45, 2.75) is 46.6 Å². The minimum atomic E-state index is 0.131. The van der Waals surface area contributed by atoms with Crippen LogP contribution in [-0.4, -0.2) is 0 Å². The van der Waals surface area contributed by atoms with E-state index in [9.17, 15) is 5.21 Å². The number of aryl methyl sites for hydroxylation is 2. The van der Waals surface area contributed by atoms with E-state index >= 15 is 0 Å². The zero-order chi connectivity index (χ0) is 15.6. The molecule has 1 aromatic carbocycles. The molecule has 0 unspecified atom stereocenters. The van der Waals surface area contributed by atoms with E-state index in [2.05, 4.69) is 46.8 Å². The number of ether oxygens (including phenoxy) is 1. The van der Waals surface area contributed by atoms with Gasteiger partial charge >= 0.3 is 5.88 Å². The van der Waals surface area contributed by atoms with E-state index in [1.165, 1.54) is 22.9 Å². The molecule has 0 aliphatic carbocycles. The van der Waals surface area contributed by atoms with Gasteiger partial charge in [-0.25, -0.2) is 0 Å². The maximum absolute atomic E-state index is 11.6. The number of hydrogen-bond donors (Lipinski definition) is 0. The zero-order valence-corrected chi connectivity index (χ0v) is 13.4. The molecule has 21 heavy (non-hydrogen) atoms. The normalized spacial score (nSPS) is 11.5. The Kier molecular flexibility index (Phi) is 4.21. The number of hydrogen-bond acceptors (Lipinski definition) is 2. The van der Waals surface area contributed by atoms with Crippen LogP contribution in [0, 0.1) is 19.1 Å². The molecule has 2 rings (SSSR count). The van der Waals surface area contributed by atoms with E-state index in [0.29, 0.717) is 12.5 Å². The Morgan fingerprint density at radius 2 is 1.71 bits per heavy atom. The largest absolute Gasteiger partial charge is 0.616 e. The monoisotopic (exact) mass is 285 g/mol. The van der Waals surface area contributed by atoms with E-state index in [-0.39, 0.29) is 5.41 Å². The van der Waals surface area contributed by atoms with Gasteiger partial charge in [-0.05, 0) is 47.6 Å². The van der Waals surface area contributed by atoms with E-state index in [1.807, 2.05) is 0 Å². The molecule has 0 aliphatic heterocycles. The van der Waals surface area contributed by atoms with Crippen molar-refractivity contribution in [2.75, 3.05) is 0 Å². The lowest BCUT2D eigenvalue weighted by atomic mass is 9.84. The number of benzene rings is 1. The van der Waals surface area contributed by atoms with Gasteiger partial charge in [0.25, 0.3) is 0 Å². The lowest BCUT2D eigenvalue weighted by molar-refractivity contribution is -0.613. The highest BCUT2D eigenvalue weighted by Gasteiger charge is 2.17. The molecule has 2 aromatic rings. The number of rotatable bonds is 3. The van der Waals surface area contributed by atoms with Gasteiger partial charge in [-0.3, -0.25) is 0 Å². The maximum Gasteiger partial charge on any atom is 0.379 e. The van der Waals surface area contributed by atoms with Crippen molar-refractivity contribution in [3.8, 4) is 5.88 Å². The molecular weight excluding hydrogens is 262 g/mol. The maximum atomic E-state index is 11.6. The number of aromatic nitrogens is 1. The summed E-state index contributed by atoms with van der Waals surface area (Å²) in [5, 5.41) is 11.6. The van der Waals surface area contributed by atoms with Crippen LogP contribution in [0.1, 0.15) is 43.0 Å². The van der Waals surface area contributed by atoms with Crippen LogP contribution in [0.3, 0.4) is 0 Å². The second-order valence-electron chi connectivity index (χ2n) is 6.49. The van der Waals surface area contributed by atoms with Crippen molar-refractivity contribution in [3.63, 3.8) is 0 Å². The van der Waals surface area contributed by atoms with Gasteiger partial charge < -0.3 is 9.94 Å². The summed E-state index contributed by atoms with van der Waals surface area (Å²) in [5.41, 5.74) is 5.00. The summed E-state index contributed by atoms with van der Waals surface area (Å²) in [4.78, 5) is 0. The van der Waals surface area contributed by atoms with Gasteiger partial charge in [0.2, 0.25) is 0 Å². The molecule has 0 bridgehead atoms. The first-order chi connectivity index (χ1) is 9.79. The van der Waals surface area contributed by atoms with Crippen molar-refractivity contribution in [1.29, 1.82) is 0 Å². The Hall–Kier alpha value is -2.03. The minimum absolute atomic E-state index is 0.131. The summed E-state index contributed by atoms with van der Waals surface area (Å²) >= 11 is 0. The first-order valence-electron chi connectivity index (χ1n) is 7.20. The standard InChI is InChI=1S/C18H23NO2/c1-13-10-15(18(3,4)5)11-14(2)16(13)12-21-17-8-6-7-9-19(17)20/h6-11H,12H2,1-5H3. The van der Waals surface area contributed by atoms with E-state index in [0.717, 1.165) is 10.3 Å². The average Bonchev–Trinajstić information content (AvgIpc) is 2.38. The highest BCUT2D eigenvalue weighted by Crippen LogP contribution is 2.27. The molecule has 1 heterocycles. The predicted octanol–water partition coefficient (Wildman–Crippen LogP) is 3.81. The second kappa shape index (κ2) is 5.76. The second-order valence-corrected chi connectivity index (χ2v) is 6.49. The Balaban J connectivity index is 2.24. The van der Waals surface area contributed by atoms with Gasteiger partial charge in [0, 0.05) is 6.07 Å². The smallest absolute Gasteiger partial charge is 0.379 e. The highest BCUT2D eigenvalue weighted by atomic mass is 16.5. The molecule has 0 N–H and O–H groups in total. The molecule has 0 saturated carbocycles. The van der Waals surface area contributed by atoms with Crippen molar-refractivity contribution in [3.05, 3.63) is 64.0 Å². The molecule has 112 valence electrons. The number of pyridine rings is 1. The molecular formula is C18H23NO2. The van der Waals surface area contributed by atoms with Crippen molar-refractivity contribution in [2.24, 2.45) is 0 Å². The van der Waals surface area contributed by atoms with Crippen LogP contribution in [0.2, 0.25) is 0 Å². The summed E-state index contributed by atoms with van der Waals surface area (Å²) in [6.07, 6.45) is 1.44. The van der Waals surface area contributed by atoms with Crippen LogP contribution in [0.5, 0.6) is 5.88 Å².